The first-order chi connectivity index (χ1) is 16.2. The SMILES string of the molecule is O=C1CC[C@H](c2c(F)cc(N3CC[C@@H](NC(=O)OCC4CC5(CCC5)C4)C3=O)cc2F)C(=O)N1. The number of anilines is 1. The van der Waals surface area contributed by atoms with E-state index in [4.69, 9.17) is 4.74 Å². The Kier molecular flexibility index (Phi) is 5.77. The Morgan fingerprint density at radius 1 is 1.15 bits per heavy atom. The number of amides is 4. The number of nitrogens with one attached hydrogen (secondary N) is 2. The molecule has 0 bridgehead atoms. The Morgan fingerprint density at radius 2 is 1.85 bits per heavy atom. The van der Waals surface area contributed by atoms with Gasteiger partial charge in [0.2, 0.25) is 17.7 Å². The lowest BCUT2D eigenvalue weighted by atomic mass is 9.52. The van der Waals surface area contributed by atoms with E-state index in [9.17, 15) is 28.0 Å². The minimum Gasteiger partial charge on any atom is -0.449 e. The fourth-order valence-corrected chi connectivity index (χ4v) is 5.84. The number of hydrogen-bond acceptors (Lipinski definition) is 5. The van der Waals surface area contributed by atoms with Gasteiger partial charge in [0.25, 0.3) is 0 Å². The average Bonchev–Trinajstić information content (AvgIpc) is 3.07. The van der Waals surface area contributed by atoms with Crippen molar-refractivity contribution in [1.82, 2.24) is 10.6 Å². The first kappa shape index (κ1) is 22.7. The Morgan fingerprint density at radius 3 is 2.47 bits per heavy atom. The summed E-state index contributed by atoms with van der Waals surface area (Å²) in [5.41, 5.74) is 0.0809. The number of hydrogen-bond donors (Lipinski definition) is 2. The van der Waals surface area contributed by atoms with E-state index in [1.807, 2.05) is 0 Å². The number of rotatable bonds is 5. The lowest BCUT2D eigenvalue weighted by Crippen LogP contribution is -2.46. The number of halogens is 2. The van der Waals surface area contributed by atoms with Crippen molar-refractivity contribution in [3.05, 3.63) is 29.3 Å². The number of benzene rings is 1. The molecule has 34 heavy (non-hydrogen) atoms. The standard InChI is InChI=1S/C24H27F2N3O5/c25-16-8-14(9-17(26)20(16)15-2-3-19(30)28-21(15)31)29-7-4-18(22(29)32)27-23(33)34-12-13-10-24(11-13)5-1-6-24/h8-9,13,15,18H,1-7,10-12H2,(H,27,33)(H,28,30,31)/t15-,18-/m1/s1. The van der Waals surface area contributed by atoms with E-state index < -0.39 is 53.0 Å². The molecule has 1 aromatic rings. The molecule has 2 saturated carbocycles. The summed E-state index contributed by atoms with van der Waals surface area (Å²) >= 11 is 0. The summed E-state index contributed by atoms with van der Waals surface area (Å²) < 4.78 is 34.9. The number of ether oxygens (including phenoxy) is 1. The van der Waals surface area contributed by atoms with Gasteiger partial charge in [0.15, 0.2) is 0 Å². The maximum Gasteiger partial charge on any atom is 0.407 e. The molecular formula is C24H27F2N3O5. The van der Waals surface area contributed by atoms with Crippen molar-refractivity contribution >= 4 is 29.5 Å². The summed E-state index contributed by atoms with van der Waals surface area (Å²) in [5, 5.41) is 4.65. The van der Waals surface area contributed by atoms with Gasteiger partial charge in [-0.1, -0.05) is 6.42 Å². The van der Waals surface area contributed by atoms with Crippen LogP contribution in [0.25, 0.3) is 0 Å². The van der Waals surface area contributed by atoms with Gasteiger partial charge in [-0.2, -0.15) is 0 Å². The molecule has 4 aliphatic rings. The van der Waals surface area contributed by atoms with Crippen molar-refractivity contribution < 1.29 is 32.7 Å². The Labute approximate surface area is 195 Å². The van der Waals surface area contributed by atoms with Gasteiger partial charge in [0.1, 0.15) is 17.7 Å². The molecule has 1 spiro atoms. The Hall–Kier alpha value is -3.04. The molecule has 182 valence electrons. The molecule has 5 rings (SSSR count). The smallest absolute Gasteiger partial charge is 0.407 e. The van der Waals surface area contributed by atoms with Crippen molar-refractivity contribution in [3.8, 4) is 0 Å². The molecule has 8 nitrogen and oxygen atoms in total. The maximum absolute atomic E-state index is 14.8. The zero-order valence-electron chi connectivity index (χ0n) is 18.7. The molecule has 4 fully saturated rings. The van der Waals surface area contributed by atoms with Crippen LogP contribution < -0.4 is 15.5 Å². The van der Waals surface area contributed by atoms with Crippen LogP contribution in [-0.2, 0) is 19.1 Å². The average molecular weight is 475 g/mol. The summed E-state index contributed by atoms with van der Waals surface area (Å²) in [4.78, 5) is 49.5. The molecule has 0 aromatic heterocycles. The molecule has 2 N–H and O–H groups in total. The van der Waals surface area contributed by atoms with Crippen LogP contribution in [0.15, 0.2) is 12.1 Å². The molecule has 10 heteroatoms. The minimum atomic E-state index is -1.11. The summed E-state index contributed by atoms with van der Waals surface area (Å²) in [7, 11) is 0. The fourth-order valence-electron chi connectivity index (χ4n) is 5.84. The second-order valence-corrected chi connectivity index (χ2v) is 10.0. The largest absolute Gasteiger partial charge is 0.449 e. The molecular weight excluding hydrogens is 448 g/mol. The van der Waals surface area contributed by atoms with Gasteiger partial charge >= 0.3 is 6.09 Å². The van der Waals surface area contributed by atoms with E-state index in [2.05, 4.69) is 10.6 Å². The zero-order chi connectivity index (χ0) is 24.0. The normalized spacial score (nSPS) is 26.2. The molecule has 2 heterocycles. The second kappa shape index (κ2) is 8.63. The highest BCUT2D eigenvalue weighted by Gasteiger charge is 2.48. The quantitative estimate of drug-likeness (QED) is 0.638. The van der Waals surface area contributed by atoms with Crippen LogP contribution in [0.3, 0.4) is 0 Å². The van der Waals surface area contributed by atoms with E-state index in [-0.39, 0.29) is 31.5 Å². The zero-order valence-corrected chi connectivity index (χ0v) is 18.7. The van der Waals surface area contributed by atoms with E-state index >= 15 is 0 Å². The number of piperidine rings is 1. The van der Waals surface area contributed by atoms with Crippen molar-refractivity contribution in [2.45, 2.75) is 63.3 Å². The van der Waals surface area contributed by atoms with E-state index in [1.165, 1.54) is 24.2 Å². The summed E-state index contributed by atoms with van der Waals surface area (Å²) in [6.07, 6.45) is 5.59. The van der Waals surface area contributed by atoms with Gasteiger partial charge in [0.05, 0.1) is 12.5 Å². The maximum atomic E-state index is 14.8. The number of nitrogens with zero attached hydrogens (tertiary/aromatic N) is 1. The third-order valence-corrected chi connectivity index (χ3v) is 7.77. The van der Waals surface area contributed by atoms with Crippen molar-refractivity contribution in [2.24, 2.45) is 11.3 Å². The molecule has 2 aliphatic carbocycles. The number of alkyl carbamates (subject to hydrolysis) is 1. The molecule has 1 aromatic carbocycles. The van der Waals surface area contributed by atoms with Gasteiger partial charge in [-0.3, -0.25) is 19.7 Å². The van der Waals surface area contributed by atoms with Gasteiger partial charge in [-0.15, -0.1) is 0 Å². The third-order valence-electron chi connectivity index (χ3n) is 7.77. The van der Waals surface area contributed by atoms with Crippen molar-refractivity contribution in [3.63, 3.8) is 0 Å². The summed E-state index contributed by atoms with van der Waals surface area (Å²) in [6.45, 7) is 0.502. The molecule has 0 unspecified atom stereocenters. The molecule has 2 saturated heterocycles. The van der Waals surface area contributed by atoms with Crippen molar-refractivity contribution in [2.75, 3.05) is 18.1 Å². The van der Waals surface area contributed by atoms with Crippen LogP contribution in [0.1, 0.15) is 62.8 Å². The monoisotopic (exact) mass is 475 g/mol. The lowest BCUT2D eigenvalue weighted by Gasteiger charge is -2.54. The van der Waals surface area contributed by atoms with Crippen LogP contribution in [0, 0.1) is 23.0 Å². The minimum absolute atomic E-state index is 0.00723. The molecule has 0 radical (unpaired) electrons. The highest BCUT2D eigenvalue weighted by atomic mass is 19.1. The number of carbonyl (C=O) groups is 4. The Balaban J connectivity index is 1.18. The van der Waals surface area contributed by atoms with Crippen molar-refractivity contribution in [1.29, 1.82) is 0 Å². The summed E-state index contributed by atoms with van der Waals surface area (Å²) in [5.74, 6) is -4.37. The van der Waals surface area contributed by atoms with Crippen LogP contribution in [0.5, 0.6) is 0 Å². The van der Waals surface area contributed by atoms with Crippen LogP contribution in [0.2, 0.25) is 0 Å². The molecule has 2 atom stereocenters. The number of carbonyl (C=O) groups excluding carboxylic acids is 4. The van der Waals surface area contributed by atoms with Gasteiger partial charge in [-0.05, 0) is 62.0 Å². The van der Waals surface area contributed by atoms with Crippen LogP contribution >= 0.6 is 0 Å². The molecule has 2 aliphatic heterocycles. The Bertz CT molecular complexity index is 1030. The van der Waals surface area contributed by atoms with E-state index in [0.717, 1.165) is 25.0 Å². The third kappa shape index (κ3) is 4.14. The molecule has 4 amide bonds. The topological polar surface area (TPSA) is 105 Å². The van der Waals surface area contributed by atoms with Crippen LogP contribution in [0.4, 0.5) is 19.3 Å². The lowest BCUT2D eigenvalue weighted by molar-refractivity contribution is -0.134. The summed E-state index contributed by atoms with van der Waals surface area (Å²) in [6, 6.07) is 1.18. The van der Waals surface area contributed by atoms with Crippen LogP contribution in [-0.4, -0.2) is 43.0 Å². The second-order valence-electron chi connectivity index (χ2n) is 10.0. The predicted octanol–water partition coefficient (Wildman–Crippen LogP) is 2.90. The van der Waals surface area contributed by atoms with Gasteiger partial charge < -0.3 is 15.0 Å². The number of imide groups is 1. The highest BCUT2D eigenvalue weighted by molar-refractivity contribution is 6.02. The first-order valence-corrected chi connectivity index (χ1v) is 11.8. The first-order valence-electron chi connectivity index (χ1n) is 11.8. The van der Waals surface area contributed by atoms with E-state index in [0.29, 0.717) is 17.9 Å². The van der Waals surface area contributed by atoms with Gasteiger partial charge in [-0.25, -0.2) is 13.6 Å². The van der Waals surface area contributed by atoms with Gasteiger partial charge in [0, 0.05) is 24.2 Å². The fraction of sp³-hybridized carbons (Fsp3) is 0.583. The highest BCUT2D eigenvalue weighted by Crippen LogP contribution is 2.58. The van der Waals surface area contributed by atoms with E-state index in [1.54, 1.807) is 0 Å². The predicted molar refractivity (Wildman–Crippen MR) is 116 cm³/mol.